The van der Waals surface area contributed by atoms with Gasteiger partial charge in [-0.2, -0.15) is 32.1 Å². The summed E-state index contributed by atoms with van der Waals surface area (Å²) in [5.41, 5.74) is -2.26. The average Bonchev–Trinajstić information content (AvgIpc) is 3.66. The van der Waals surface area contributed by atoms with E-state index in [2.05, 4.69) is 32.1 Å². The molecule has 3 aromatic heterocycles. The number of ether oxygens (including phenoxy) is 1. The highest BCUT2D eigenvalue weighted by molar-refractivity contribution is 7.92. The van der Waals surface area contributed by atoms with E-state index < -0.39 is 86.5 Å². The van der Waals surface area contributed by atoms with Crippen molar-refractivity contribution in [2.45, 2.75) is 43.9 Å². The molecule has 5 aromatic rings. The number of benzene rings is 2. The van der Waals surface area contributed by atoms with Crippen molar-refractivity contribution in [1.29, 1.82) is 0 Å². The maximum Gasteiger partial charge on any atom is 0.435 e. The van der Waals surface area contributed by atoms with E-state index in [9.17, 15) is 35.2 Å². The van der Waals surface area contributed by atoms with Crippen LogP contribution in [-0.2, 0) is 51.7 Å². The van der Waals surface area contributed by atoms with Crippen LogP contribution in [0.2, 0.25) is 0 Å². The van der Waals surface area contributed by atoms with E-state index in [1.807, 2.05) is 6.92 Å². The van der Waals surface area contributed by atoms with Gasteiger partial charge in [-0.15, -0.1) is 0 Å². The van der Waals surface area contributed by atoms with E-state index >= 15 is 8.78 Å². The summed E-state index contributed by atoms with van der Waals surface area (Å²) in [7, 11) is -2.20. The molecule has 3 atom stereocenters. The van der Waals surface area contributed by atoms with Crippen LogP contribution in [0.25, 0.3) is 22.0 Å². The van der Waals surface area contributed by atoms with Gasteiger partial charge in [0, 0.05) is 41.1 Å². The number of hydrogen-bond donors (Lipinski definition) is 2. The van der Waals surface area contributed by atoms with Crippen LogP contribution >= 0.6 is 0 Å². The summed E-state index contributed by atoms with van der Waals surface area (Å²) in [6.07, 6.45) is -2.13. The number of nitrogens with zero attached hydrogens (tertiary/aromatic N) is 5. The minimum Gasteiger partial charge on any atom is -0.378 e. The Morgan fingerprint density at radius 3 is 2.40 bits per heavy atom. The number of halogens is 7. The molecule has 0 spiro atoms. The van der Waals surface area contributed by atoms with Crippen molar-refractivity contribution >= 4 is 32.7 Å². The number of rotatable bonds is 9. The Hall–Kier alpha value is -5.74. The second kappa shape index (κ2) is 13.7. The number of carbonyl (C=O) groups excluding carboxylic acids is 1. The topological polar surface area (TPSA) is 133 Å². The number of aryl methyl sites for hydroxylation is 1. The second-order valence-electron chi connectivity index (χ2n) is 14.9. The molecule has 1 fully saturated rings. The molecular weight excluding hydrogens is 796 g/mol. The van der Waals surface area contributed by atoms with Crippen molar-refractivity contribution in [1.82, 2.24) is 29.9 Å². The smallest absolute Gasteiger partial charge is 0.378 e. The van der Waals surface area contributed by atoms with Gasteiger partial charge in [0.2, 0.25) is 15.9 Å². The predicted molar refractivity (Wildman–Crippen MR) is 196 cm³/mol. The highest BCUT2D eigenvalue weighted by atomic mass is 32.2. The summed E-state index contributed by atoms with van der Waals surface area (Å²) in [4.78, 5) is 18.8. The third kappa shape index (κ3) is 7.08. The minimum absolute atomic E-state index is 0.0142. The molecule has 11 nitrogen and oxygen atoms in total. The quantitative estimate of drug-likeness (QED) is 0.100. The van der Waals surface area contributed by atoms with Crippen LogP contribution in [0, 0.1) is 34.8 Å². The molecule has 1 saturated heterocycles. The van der Waals surface area contributed by atoms with Crippen LogP contribution in [0.4, 0.5) is 36.6 Å². The lowest BCUT2D eigenvalue weighted by Gasteiger charge is -2.32. The van der Waals surface area contributed by atoms with Gasteiger partial charge >= 0.3 is 6.18 Å². The fourth-order valence-corrected chi connectivity index (χ4v) is 8.18. The molecule has 0 bridgehead atoms. The number of aromatic nitrogens is 5. The highest BCUT2D eigenvalue weighted by Crippen LogP contribution is 2.60. The molecule has 58 heavy (non-hydrogen) atoms. The molecule has 3 aliphatic rings. The Balaban J connectivity index is 1.26. The van der Waals surface area contributed by atoms with Gasteiger partial charge in [-0.1, -0.05) is 30.2 Å². The summed E-state index contributed by atoms with van der Waals surface area (Å²) in [5.74, 6) is -3.33. The lowest BCUT2D eigenvalue weighted by Crippen LogP contribution is -2.38. The van der Waals surface area contributed by atoms with Gasteiger partial charge in [-0.3, -0.25) is 18.9 Å². The molecule has 4 heterocycles. The lowest BCUT2D eigenvalue weighted by molar-refractivity contribution is -0.142. The molecule has 0 unspecified atom stereocenters. The molecule has 0 saturated carbocycles. The molecule has 1 aliphatic heterocycles. The number of anilines is 1. The molecule has 0 radical (unpaired) electrons. The largest absolute Gasteiger partial charge is 0.435 e. The first-order valence-electron chi connectivity index (χ1n) is 17.8. The normalized spacial score (nSPS) is 19.3. The summed E-state index contributed by atoms with van der Waals surface area (Å²) in [5, 5.41) is 10.9. The number of hydrogen-bond acceptors (Lipinski definition) is 7. The van der Waals surface area contributed by atoms with Gasteiger partial charge in [-0.25, -0.2) is 22.2 Å². The molecule has 1 amide bonds. The number of para-hydroxylation sites is 1. The molecule has 8 rings (SSSR count). The number of allylic oxidation sites excluding steroid dienone is 2. The van der Waals surface area contributed by atoms with E-state index in [1.54, 1.807) is 37.4 Å². The van der Waals surface area contributed by atoms with Crippen LogP contribution < -0.4 is 10.0 Å². The number of nitrogens with one attached hydrogen (secondary N) is 2. The molecule has 2 aromatic carbocycles. The number of alkyl halides is 5. The first kappa shape index (κ1) is 39.1. The van der Waals surface area contributed by atoms with Crippen LogP contribution in [0.1, 0.15) is 52.8 Å². The Bertz CT molecular complexity index is 2710. The van der Waals surface area contributed by atoms with Gasteiger partial charge in [-0.05, 0) is 55.2 Å². The third-order valence-corrected chi connectivity index (χ3v) is 10.8. The number of sulfonamides is 1. The number of pyridine rings is 1. The Kier molecular flexibility index (Phi) is 9.23. The molecular formula is C39H32F7N7O4S. The molecule has 2 aliphatic carbocycles. The van der Waals surface area contributed by atoms with Crippen molar-refractivity contribution in [3.05, 3.63) is 106 Å². The first-order chi connectivity index (χ1) is 27.2. The van der Waals surface area contributed by atoms with E-state index in [0.29, 0.717) is 46.0 Å². The van der Waals surface area contributed by atoms with Gasteiger partial charge in [0.1, 0.15) is 29.6 Å². The van der Waals surface area contributed by atoms with Crippen molar-refractivity contribution in [3.63, 3.8) is 0 Å². The molecule has 19 heteroatoms. The van der Waals surface area contributed by atoms with Crippen LogP contribution in [0.5, 0.6) is 0 Å². The highest BCUT2D eigenvalue weighted by Gasteiger charge is 2.61. The molecule has 302 valence electrons. The Morgan fingerprint density at radius 1 is 1.05 bits per heavy atom. The van der Waals surface area contributed by atoms with Crippen molar-refractivity contribution in [2.75, 3.05) is 24.2 Å². The standard InChI is InChI=1S/C39H32F7N7O4S/c1-37(18-57-19-37)12-11-23-7-8-24(25-5-4-6-27-33(25)52(2)50-36(27)51-58(3,55)56)32(47-23)29(15-20-13-21(40)16-22(41)14-20)48-30(54)17-53-35-31(34(49-53)39(44,45)46)26-9-10-28(26)38(35,42)43/h4-10,13-14,16,26,28-29H,15,17-19H2,1-3H3,(H,48,54)(H,50,51)/t26-,28+,29-/m0/s1. The predicted octanol–water partition coefficient (Wildman–Crippen LogP) is 6.36. The van der Waals surface area contributed by atoms with Crippen molar-refractivity contribution in [3.8, 4) is 23.0 Å². The maximum absolute atomic E-state index is 15.6. The zero-order valence-corrected chi connectivity index (χ0v) is 31.6. The summed E-state index contributed by atoms with van der Waals surface area (Å²) in [6.45, 7) is 1.54. The SMILES string of the molecule is Cn1nc(NS(C)(=O)=O)c2cccc(-c3ccc(C#CC4(C)COC4)nc3[C@H](Cc3cc(F)cc(F)c3)NC(=O)Cn3nc(C(F)(F)F)c4c3C(F)(F)[C@@H]3C=C[C@H]43)c21. The van der Waals surface area contributed by atoms with Gasteiger partial charge in [0.15, 0.2) is 11.5 Å². The summed E-state index contributed by atoms with van der Waals surface area (Å²) in [6, 6.07) is 9.50. The van der Waals surface area contributed by atoms with Crippen LogP contribution in [0.15, 0.2) is 60.7 Å². The minimum atomic E-state index is -5.10. The Morgan fingerprint density at radius 2 is 1.78 bits per heavy atom. The number of carbonyl (C=O) groups is 1. The van der Waals surface area contributed by atoms with Gasteiger partial charge in [0.25, 0.3) is 5.92 Å². The van der Waals surface area contributed by atoms with Crippen LogP contribution in [-0.4, -0.2) is 58.3 Å². The van der Waals surface area contributed by atoms with Crippen molar-refractivity contribution < 1.29 is 48.7 Å². The molecule has 2 N–H and O–H groups in total. The first-order valence-corrected chi connectivity index (χ1v) is 19.6. The van der Waals surface area contributed by atoms with Crippen LogP contribution in [0.3, 0.4) is 0 Å². The summed E-state index contributed by atoms with van der Waals surface area (Å²) < 4.78 is 137. The van der Waals surface area contributed by atoms with E-state index in [-0.39, 0.29) is 29.2 Å². The lowest BCUT2D eigenvalue weighted by atomic mass is 9.81. The summed E-state index contributed by atoms with van der Waals surface area (Å²) >= 11 is 0. The fraction of sp³-hybridized carbons (Fsp3) is 0.333. The number of fused-ring (bicyclic) bond motifs is 4. The van der Waals surface area contributed by atoms with E-state index in [4.69, 9.17) is 9.72 Å². The average molecular weight is 828 g/mol. The van der Waals surface area contributed by atoms with Gasteiger partial charge in [0.05, 0.1) is 48.1 Å². The zero-order chi connectivity index (χ0) is 41.5. The van der Waals surface area contributed by atoms with Gasteiger partial charge < -0.3 is 10.1 Å². The van der Waals surface area contributed by atoms with E-state index in [0.717, 1.165) is 24.5 Å². The monoisotopic (exact) mass is 827 g/mol. The Labute approximate surface area is 326 Å². The second-order valence-corrected chi connectivity index (χ2v) is 16.7. The fourth-order valence-electron chi connectivity index (χ4n) is 7.68. The maximum atomic E-state index is 15.6. The zero-order valence-electron chi connectivity index (χ0n) is 30.8. The number of amides is 1. The van der Waals surface area contributed by atoms with E-state index in [1.165, 1.54) is 10.8 Å². The van der Waals surface area contributed by atoms with Crippen molar-refractivity contribution in [2.24, 2.45) is 18.4 Å². The third-order valence-electron chi connectivity index (χ3n) is 10.3.